The zero-order chi connectivity index (χ0) is 17.1. The van der Waals surface area contributed by atoms with E-state index in [4.69, 9.17) is 4.52 Å². The van der Waals surface area contributed by atoms with Crippen LogP contribution in [-0.4, -0.2) is 17.0 Å². The molecule has 2 heterocycles. The van der Waals surface area contributed by atoms with E-state index in [9.17, 15) is 9.59 Å². The van der Waals surface area contributed by atoms with Crippen molar-refractivity contribution in [3.63, 3.8) is 0 Å². The third-order valence-electron chi connectivity index (χ3n) is 4.40. The first kappa shape index (κ1) is 16.2. The van der Waals surface area contributed by atoms with Gasteiger partial charge in [0.2, 0.25) is 11.8 Å². The number of para-hydroxylation sites is 1. The van der Waals surface area contributed by atoms with Crippen LogP contribution in [-0.2, 0) is 22.6 Å². The molecule has 6 heteroatoms. The summed E-state index contributed by atoms with van der Waals surface area (Å²) in [5.41, 5.74) is 3.63. The lowest BCUT2D eigenvalue weighted by molar-refractivity contribution is -0.122. The second-order valence-electron chi connectivity index (χ2n) is 6.03. The Bertz CT molecular complexity index is 767. The molecule has 3 rings (SSSR count). The summed E-state index contributed by atoms with van der Waals surface area (Å²) in [4.78, 5) is 24.2. The highest BCUT2D eigenvalue weighted by atomic mass is 16.5. The van der Waals surface area contributed by atoms with Crippen molar-refractivity contribution in [2.75, 3.05) is 5.32 Å². The maximum atomic E-state index is 12.3. The number of aryl methyl sites for hydroxylation is 2. The third kappa shape index (κ3) is 3.32. The van der Waals surface area contributed by atoms with Crippen molar-refractivity contribution in [2.45, 2.75) is 45.6 Å². The molecule has 2 aromatic rings. The fourth-order valence-corrected chi connectivity index (χ4v) is 3.11. The normalized spacial score (nSPS) is 16.4. The van der Waals surface area contributed by atoms with Crippen molar-refractivity contribution in [1.82, 2.24) is 10.5 Å². The van der Waals surface area contributed by atoms with Crippen molar-refractivity contribution >= 4 is 17.5 Å². The number of fused-ring (bicyclic) bond motifs is 1. The van der Waals surface area contributed by atoms with Gasteiger partial charge in [-0.3, -0.25) is 9.59 Å². The van der Waals surface area contributed by atoms with Gasteiger partial charge in [0.15, 0.2) is 0 Å². The lowest BCUT2D eigenvalue weighted by atomic mass is 9.88. The summed E-state index contributed by atoms with van der Waals surface area (Å²) in [5, 5.41) is 9.76. The van der Waals surface area contributed by atoms with Gasteiger partial charge in [-0.25, -0.2) is 0 Å². The van der Waals surface area contributed by atoms with Crippen LogP contribution in [0.4, 0.5) is 5.69 Å². The summed E-state index contributed by atoms with van der Waals surface area (Å²) in [5.74, 6) is 0.514. The number of carbonyl (C=O) groups is 2. The summed E-state index contributed by atoms with van der Waals surface area (Å²) in [6, 6.07) is 7.63. The molecule has 0 aliphatic carbocycles. The second kappa shape index (κ2) is 6.86. The van der Waals surface area contributed by atoms with Gasteiger partial charge in [-0.1, -0.05) is 30.3 Å². The lowest BCUT2D eigenvalue weighted by Gasteiger charge is -2.25. The molecule has 126 valence electrons. The Morgan fingerprint density at radius 3 is 3.00 bits per heavy atom. The highest BCUT2D eigenvalue weighted by molar-refractivity contribution is 5.95. The Morgan fingerprint density at radius 1 is 1.42 bits per heavy atom. The van der Waals surface area contributed by atoms with Gasteiger partial charge < -0.3 is 15.2 Å². The molecule has 1 aliphatic rings. The van der Waals surface area contributed by atoms with Crippen LogP contribution in [0.25, 0.3) is 0 Å². The van der Waals surface area contributed by atoms with Gasteiger partial charge >= 0.3 is 0 Å². The molecule has 2 amide bonds. The second-order valence-corrected chi connectivity index (χ2v) is 6.03. The van der Waals surface area contributed by atoms with Crippen molar-refractivity contribution in [2.24, 2.45) is 0 Å². The van der Waals surface area contributed by atoms with Crippen LogP contribution in [0.1, 0.15) is 48.3 Å². The molecule has 0 spiro atoms. The van der Waals surface area contributed by atoms with Gasteiger partial charge in [-0.2, -0.15) is 0 Å². The zero-order valence-corrected chi connectivity index (χ0v) is 13.9. The Balaban J connectivity index is 1.65. The quantitative estimate of drug-likeness (QED) is 0.884. The van der Waals surface area contributed by atoms with E-state index in [2.05, 4.69) is 15.8 Å². The number of anilines is 1. The predicted molar refractivity (Wildman–Crippen MR) is 89.5 cm³/mol. The highest BCUT2D eigenvalue weighted by Crippen LogP contribution is 2.34. The Kier molecular flexibility index (Phi) is 4.64. The van der Waals surface area contributed by atoms with Crippen LogP contribution in [0.5, 0.6) is 0 Å². The third-order valence-corrected chi connectivity index (χ3v) is 4.40. The number of hydrogen-bond acceptors (Lipinski definition) is 4. The molecule has 0 saturated heterocycles. The first-order chi connectivity index (χ1) is 11.6. The SMILES string of the molecule is CCc1noc(C)c1CNC(=O)CC1CC(=O)Nc2ccccc21. The van der Waals surface area contributed by atoms with Crippen LogP contribution in [0.15, 0.2) is 28.8 Å². The molecule has 0 saturated carbocycles. The standard InChI is InChI=1S/C18H21N3O3/c1-3-15-14(11(2)24-21-15)10-19-17(22)8-12-9-18(23)20-16-7-5-4-6-13(12)16/h4-7,12H,3,8-10H2,1-2H3,(H,19,22)(H,20,23). The number of rotatable bonds is 5. The number of carbonyl (C=O) groups excluding carboxylic acids is 2. The molecule has 1 aliphatic heterocycles. The number of amides is 2. The lowest BCUT2D eigenvalue weighted by Crippen LogP contribution is -2.29. The molecule has 1 aromatic carbocycles. The average Bonchev–Trinajstić information content (AvgIpc) is 2.92. The molecule has 0 fully saturated rings. The molecule has 1 atom stereocenters. The largest absolute Gasteiger partial charge is 0.361 e. The minimum atomic E-state index is -0.0934. The molecule has 1 unspecified atom stereocenters. The van der Waals surface area contributed by atoms with Crippen LogP contribution < -0.4 is 10.6 Å². The minimum absolute atomic E-state index is 0.0466. The van der Waals surface area contributed by atoms with E-state index in [0.717, 1.165) is 34.7 Å². The molecule has 0 bridgehead atoms. The van der Waals surface area contributed by atoms with E-state index >= 15 is 0 Å². The Hall–Kier alpha value is -2.63. The number of benzene rings is 1. The topological polar surface area (TPSA) is 84.2 Å². The monoisotopic (exact) mass is 327 g/mol. The maximum absolute atomic E-state index is 12.3. The number of nitrogens with zero attached hydrogens (tertiary/aromatic N) is 1. The van der Waals surface area contributed by atoms with Crippen molar-refractivity contribution in [3.05, 3.63) is 46.8 Å². The smallest absolute Gasteiger partial charge is 0.225 e. The number of nitrogens with one attached hydrogen (secondary N) is 2. The average molecular weight is 327 g/mol. The van der Waals surface area contributed by atoms with E-state index < -0.39 is 0 Å². The van der Waals surface area contributed by atoms with E-state index in [1.54, 1.807) is 0 Å². The molecular weight excluding hydrogens is 306 g/mol. The Labute approximate surface area is 140 Å². The van der Waals surface area contributed by atoms with Gasteiger partial charge in [0.05, 0.1) is 5.69 Å². The summed E-state index contributed by atoms with van der Waals surface area (Å²) < 4.78 is 5.18. The predicted octanol–water partition coefficient (Wildman–Crippen LogP) is 2.68. The Morgan fingerprint density at radius 2 is 2.21 bits per heavy atom. The minimum Gasteiger partial charge on any atom is -0.361 e. The van der Waals surface area contributed by atoms with Crippen molar-refractivity contribution in [3.8, 4) is 0 Å². The van der Waals surface area contributed by atoms with E-state index in [0.29, 0.717) is 13.0 Å². The molecule has 0 radical (unpaired) electrons. The van der Waals surface area contributed by atoms with Crippen LogP contribution in [0.2, 0.25) is 0 Å². The fourth-order valence-electron chi connectivity index (χ4n) is 3.11. The molecule has 1 aromatic heterocycles. The molecule has 2 N–H and O–H groups in total. The first-order valence-electron chi connectivity index (χ1n) is 8.18. The van der Waals surface area contributed by atoms with Crippen molar-refractivity contribution < 1.29 is 14.1 Å². The van der Waals surface area contributed by atoms with Gasteiger partial charge in [0.25, 0.3) is 0 Å². The van der Waals surface area contributed by atoms with Gasteiger partial charge in [0, 0.05) is 36.6 Å². The van der Waals surface area contributed by atoms with Crippen molar-refractivity contribution in [1.29, 1.82) is 0 Å². The van der Waals surface area contributed by atoms with Gasteiger partial charge in [0.1, 0.15) is 5.76 Å². The summed E-state index contributed by atoms with van der Waals surface area (Å²) in [6.45, 7) is 4.24. The van der Waals surface area contributed by atoms with E-state index in [1.807, 2.05) is 38.1 Å². The zero-order valence-electron chi connectivity index (χ0n) is 13.9. The van der Waals surface area contributed by atoms with Crippen LogP contribution >= 0.6 is 0 Å². The molecular formula is C18H21N3O3. The van der Waals surface area contributed by atoms with E-state index in [1.165, 1.54) is 0 Å². The summed E-state index contributed by atoms with van der Waals surface area (Å²) >= 11 is 0. The first-order valence-corrected chi connectivity index (χ1v) is 8.18. The molecule has 6 nitrogen and oxygen atoms in total. The van der Waals surface area contributed by atoms with Gasteiger partial charge in [-0.05, 0) is 25.0 Å². The summed E-state index contributed by atoms with van der Waals surface area (Å²) in [6.07, 6.45) is 1.38. The fraction of sp³-hybridized carbons (Fsp3) is 0.389. The van der Waals surface area contributed by atoms with Crippen LogP contribution in [0.3, 0.4) is 0 Å². The van der Waals surface area contributed by atoms with Gasteiger partial charge in [-0.15, -0.1) is 0 Å². The van der Waals surface area contributed by atoms with E-state index in [-0.39, 0.29) is 24.2 Å². The van der Waals surface area contributed by atoms with Crippen LogP contribution in [0, 0.1) is 6.92 Å². The summed E-state index contributed by atoms with van der Waals surface area (Å²) in [7, 11) is 0. The number of hydrogen-bond donors (Lipinski definition) is 2. The highest BCUT2D eigenvalue weighted by Gasteiger charge is 2.26. The molecule has 24 heavy (non-hydrogen) atoms. The maximum Gasteiger partial charge on any atom is 0.225 e. The number of aromatic nitrogens is 1.